The van der Waals surface area contributed by atoms with Gasteiger partial charge in [-0.25, -0.2) is 0 Å². The van der Waals surface area contributed by atoms with Gasteiger partial charge >= 0.3 is 0 Å². The van der Waals surface area contributed by atoms with Crippen LogP contribution in [0.3, 0.4) is 0 Å². The fourth-order valence-corrected chi connectivity index (χ4v) is 3.85. The smallest absolute Gasteiger partial charge is 0.282 e. The van der Waals surface area contributed by atoms with Gasteiger partial charge in [-0.05, 0) is 24.4 Å². The van der Waals surface area contributed by atoms with Gasteiger partial charge in [-0.15, -0.1) is 11.3 Å². The van der Waals surface area contributed by atoms with Gasteiger partial charge in [0.05, 0.1) is 28.7 Å². The Kier molecular flexibility index (Phi) is 6.58. The molecule has 1 amide bonds. The highest BCUT2D eigenvalue weighted by Crippen LogP contribution is 2.29. The fraction of sp³-hybridized carbons (Fsp3) is 0.190. The van der Waals surface area contributed by atoms with Gasteiger partial charge in [0.25, 0.3) is 11.6 Å². The molecule has 0 aliphatic rings. The Morgan fingerprint density at radius 2 is 1.93 bits per heavy atom. The van der Waals surface area contributed by atoms with Gasteiger partial charge in [-0.2, -0.15) is 0 Å². The third-order valence-corrected chi connectivity index (χ3v) is 5.51. The summed E-state index contributed by atoms with van der Waals surface area (Å²) in [5, 5.41) is 17.8. The standard InChI is InChI=1S/C21H21N3O4S/c1-14(21(25)23-17-11-10-16(24(26)27)13-18(17)28-2)22-20(19-9-6-12-29-19)15-7-4-3-5-8-15/h3-14,20,22H,1-2H3,(H,23,25)/p+1/t14-,20+/m1/s1. The van der Waals surface area contributed by atoms with Crippen LogP contribution in [0.2, 0.25) is 0 Å². The second kappa shape index (κ2) is 9.31. The van der Waals surface area contributed by atoms with E-state index in [1.807, 2.05) is 54.0 Å². The van der Waals surface area contributed by atoms with E-state index in [1.165, 1.54) is 25.3 Å². The Bertz CT molecular complexity index is 977. The lowest BCUT2D eigenvalue weighted by atomic mass is 10.0. The first-order chi connectivity index (χ1) is 14.0. The van der Waals surface area contributed by atoms with Gasteiger partial charge in [0, 0.05) is 11.6 Å². The normalized spacial score (nSPS) is 12.8. The molecule has 0 aliphatic carbocycles. The average Bonchev–Trinajstić information content (AvgIpc) is 3.27. The molecule has 7 nitrogen and oxygen atoms in total. The predicted octanol–water partition coefficient (Wildman–Crippen LogP) is 3.34. The molecule has 1 aromatic heterocycles. The van der Waals surface area contributed by atoms with Crippen LogP contribution in [-0.4, -0.2) is 24.0 Å². The highest BCUT2D eigenvalue weighted by Gasteiger charge is 2.26. The minimum Gasteiger partial charge on any atom is -0.494 e. The van der Waals surface area contributed by atoms with E-state index < -0.39 is 11.0 Å². The Balaban J connectivity index is 1.76. The molecule has 0 saturated heterocycles. The zero-order valence-corrected chi connectivity index (χ0v) is 16.9. The highest BCUT2D eigenvalue weighted by atomic mass is 32.1. The summed E-state index contributed by atoms with van der Waals surface area (Å²) in [4.78, 5) is 24.4. The molecule has 1 heterocycles. The number of benzene rings is 2. The van der Waals surface area contributed by atoms with Crippen molar-refractivity contribution in [3.63, 3.8) is 0 Å². The van der Waals surface area contributed by atoms with Crippen LogP contribution in [0.15, 0.2) is 66.0 Å². The van der Waals surface area contributed by atoms with Crippen molar-refractivity contribution in [2.24, 2.45) is 0 Å². The molecule has 3 rings (SSSR count). The van der Waals surface area contributed by atoms with Crippen LogP contribution in [0.25, 0.3) is 0 Å². The summed E-state index contributed by atoms with van der Waals surface area (Å²) >= 11 is 1.65. The number of anilines is 1. The minimum atomic E-state index is -0.504. The third-order valence-electron chi connectivity index (χ3n) is 4.56. The number of nitrogens with one attached hydrogen (secondary N) is 1. The summed E-state index contributed by atoms with van der Waals surface area (Å²) in [5.74, 6) is 0.0345. The summed E-state index contributed by atoms with van der Waals surface area (Å²) in [5.41, 5.74) is 1.42. The van der Waals surface area contributed by atoms with Crippen molar-refractivity contribution in [1.29, 1.82) is 0 Å². The number of hydrogen-bond donors (Lipinski definition) is 2. The van der Waals surface area contributed by atoms with E-state index in [2.05, 4.69) is 11.4 Å². The molecule has 3 aromatic rings. The SMILES string of the molecule is COc1cc([N+](=O)[O-])ccc1NC(=O)[C@@H](C)[NH2+][C@@H](c1ccccc1)c1cccs1. The van der Waals surface area contributed by atoms with Crippen LogP contribution in [0.1, 0.15) is 23.4 Å². The van der Waals surface area contributed by atoms with Gasteiger partial charge in [0.2, 0.25) is 0 Å². The van der Waals surface area contributed by atoms with E-state index in [0.29, 0.717) is 5.69 Å². The van der Waals surface area contributed by atoms with Crippen LogP contribution >= 0.6 is 11.3 Å². The molecule has 29 heavy (non-hydrogen) atoms. The Labute approximate surface area is 172 Å². The highest BCUT2D eigenvalue weighted by molar-refractivity contribution is 7.10. The van der Waals surface area contributed by atoms with Crippen molar-refractivity contribution >= 4 is 28.6 Å². The number of thiophene rings is 1. The zero-order valence-electron chi connectivity index (χ0n) is 16.1. The predicted molar refractivity (Wildman–Crippen MR) is 112 cm³/mol. The van der Waals surface area contributed by atoms with E-state index in [4.69, 9.17) is 4.74 Å². The number of carbonyl (C=O) groups is 1. The lowest BCUT2D eigenvalue weighted by molar-refractivity contribution is -0.703. The molecule has 3 N–H and O–H groups in total. The van der Waals surface area contributed by atoms with Crippen LogP contribution in [0.4, 0.5) is 11.4 Å². The second-order valence-electron chi connectivity index (χ2n) is 6.52. The van der Waals surface area contributed by atoms with Gasteiger partial charge in [0.1, 0.15) is 11.8 Å². The molecule has 0 saturated carbocycles. The molecule has 2 atom stereocenters. The Morgan fingerprint density at radius 1 is 1.17 bits per heavy atom. The first-order valence-corrected chi connectivity index (χ1v) is 9.94. The monoisotopic (exact) mass is 412 g/mol. The molecule has 0 radical (unpaired) electrons. The lowest BCUT2D eigenvalue weighted by Gasteiger charge is -2.20. The van der Waals surface area contributed by atoms with Crippen molar-refractivity contribution in [3.8, 4) is 5.75 Å². The number of nitro groups is 1. The number of amides is 1. The van der Waals surface area contributed by atoms with Crippen LogP contribution in [-0.2, 0) is 4.79 Å². The molecule has 0 spiro atoms. The van der Waals surface area contributed by atoms with Crippen molar-refractivity contribution < 1.29 is 19.8 Å². The maximum Gasteiger partial charge on any atom is 0.282 e. The molecule has 0 unspecified atom stereocenters. The first kappa shape index (κ1) is 20.5. The van der Waals surface area contributed by atoms with Crippen molar-refractivity contribution in [2.75, 3.05) is 12.4 Å². The first-order valence-electron chi connectivity index (χ1n) is 9.06. The summed E-state index contributed by atoms with van der Waals surface area (Å²) in [6, 6.07) is 17.8. The molecule has 150 valence electrons. The maximum absolute atomic E-state index is 12.8. The molecular weight excluding hydrogens is 390 g/mol. The van der Waals surface area contributed by atoms with E-state index in [9.17, 15) is 14.9 Å². The molecule has 0 aliphatic heterocycles. The number of carbonyl (C=O) groups excluding carboxylic acids is 1. The number of ether oxygens (including phenoxy) is 1. The summed E-state index contributed by atoms with van der Waals surface area (Å²) in [7, 11) is 1.41. The molecule has 2 aromatic carbocycles. The number of non-ortho nitro benzene ring substituents is 1. The van der Waals surface area contributed by atoms with Crippen LogP contribution in [0.5, 0.6) is 5.75 Å². The summed E-state index contributed by atoms with van der Waals surface area (Å²) in [6.45, 7) is 1.83. The van der Waals surface area contributed by atoms with Gasteiger partial charge in [-0.3, -0.25) is 14.9 Å². The lowest BCUT2D eigenvalue weighted by Crippen LogP contribution is -2.92. The molecule has 8 heteroatoms. The number of nitro benzene ring substituents is 1. The topological polar surface area (TPSA) is 98.1 Å². The number of nitrogens with two attached hydrogens (primary N) is 1. The second-order valence-corrected chi connectivity index (χ2v) is 7.50. The fourth-order valence-electron chi connectivity index (χ4n) is 3.02. The van der Waals surface area contributed by atoms with Crippen molar-refractivity contribution in [1.82, 2.24) is 0 Å². The van der Waals surface area contributed by atoms with Crippen molar-refractivity contribution in [3.05, 3.63) is 86.6 Å². The number of hydrogen-bond acceptors (Lipinski definition) is 5. The van der Waals surface area contributed by atoms with Gasteiger partial charge in [-0.1, -0.05) is 36.4 Å². The zero-order chi connectivity index (χ0) is 20.8. The van der Waals surface area contributed by atoms with Crippen LogP contribution in [0, 0.1) is 10.1 Å². The molecule has 0 bridgehead atoms. The number of rotatable bonds is 8. The van der Waals surface area contributed by atoms with E-state index >= 15 is 0 Å². The van der Waals surface area contributed by atoms with Gasteiger partial charge in [0.15, 0.2) is 6.04 Å². The maximum atomic E-state index is 12.8. The molecular formula is C21H22N3O4S+. The summed E-state index contributed by atoms with van der Waals surface area (Å²) < 4.78 is 5.20. The van der Waals surface area contributed by atoms with Crippen LogP contribution < -0.4 is 15.4 Å². The number of quaternary nitrogens is 1. The Hall–Kier alpha value is -3.23. The molecule has 0 fully saturated rings. The third kappa shape index (κ3) is 4.98. The summed E-state index contributed by atoms with van der Waals surface area (Å²) in [6.07, 6.45) is 0. The van der Waals surface area contributed by atoms with Gasteiger partial charge < -0.3 is 15.4 Å². The number of methoxy groups -OCH3 is 1. The average molecular weight is 412 g/mol. The quantitative estimate of drug-likeness (QED) is 0.438. The minimum absolute atomic E-state index is 0.00398. The van der Waals surface area contributed by atoms with E-state index in [1.54, 1.807) is 11.3 Å². The van der Waals surface area contributed by atoms with Crippen molar-refractivity contribution in [2.45, 2.75) is 19.0 Å². The number of nitrogens with zero attached hydrogens (tertiary/aromatic N) is 1. The largest absolute Gasteiger partial charge is 0.494 e. The van der Waals surface area contributed by atoms with E-state index in [-0.39, 0.29) is 23.4 Å². The Morgan fingerprint density at radius 3 is 2.55 bits per heavy atom. The van der Waals surface area contributed by atoms with E-state index in [0.717, 1.165) is 10.4 Å².